The van der Waals surface area contributed by atoms with Crippen LogP contribution in [0, 0.1) is 5.92 Å². The molecule has 2 aliphatic heterocycles. The van der Waals surface area contributed by atoms with Gasteiger partial charge in [-0.2, -0.15) is 0 Å². The van der Waals surface area contributed by atoms with E-state index in [1.807, 2.05) is 11.8 Å². The van der Waals surface area contributed by atoms with Gasteiger partial charge in [0, 0.05) is 37.9 Å². The van der Waals surface area contributed by atoms with E-state index in [0.29, 0.717) is 48.4 Å². The number of nitrogens with two attached hydrogens (primary N) is 1. The average Bonchev–Trinajstić information content (AvgIpc) is 3.01. The minimum atomic E-state index is -0.147. The molecule has 0 bridgehead atoms. The molecule has 2 fully saturated rings. The summed E-state index contributed by atoms with van der Waals surface area (Å²) in [6.45, 7) is 4.55. The Morgan fingerprint density at radius 1 is 1.42 bits per heavy atom. The van der Waals surface area contributed by atoms with Crippen molar-refractivity contribution in [3.05, 3.63) is 28.8 Å². The Bertz CT molecular complexity index is 649. The Morgan fingerprint density at radius 2 is 2.21 bits per heavy atom. The molecule has 0 saturated carbocycles. The standard InChI is InChI=1S/C17H23ClN4O2/c1-11(19)12-3-2-7-21(10-12)16(23)14-9-13(4-5-15(14)18)22-8-6-20-17(22)24/h4-5,9,11-12H,2-3,6-8,10,19H2,1H3,(H,20,24)/t11-,12+/m1/s1. The predicted octanol–water partition coefficient (Wildman–Crippen LogP) is 2.07. The molecule has 7 heteroatoms. The minimum absolute atomic E-state index is 0.0655. The van der Waals surface area contributed by atoms with E-state index in [-0.39, 0.29) is 18.0 Å². The summed E-state index contributed by atoms with van der Waals surface area (Å²) < 4.78 is 0. The molecule has 0 aromatic heterocycles. The van der Waals surface area contributed by atoms with Crippen molar-refractivity contribution < 1.29 is 9.59 Å². The Labute approximate surface area is 146 Å². The van der Waals surface area contributed by atoms with Crippen LogP contribution in [0.1, 0.15) is 30.1 Å². The Hall–Kier alpha value is -1.79. The lowest BCUT2D eigenvalue weighted by Crippen LogP contribution is -2.45. The highest BCUT2D eigenvalue weighted by Gasteiger charge is 2.28. The number of halogens is 1. The second kappa shape index (κ2) is 6.99. The molecule has 0 spiro atoms. The van der Waals surface area contributed by atoms with Gasteiger partial charge in [-0.25, -0.2) is 4.79 Å². The van der Waals surface area contributed by atoms with Crippen LogP contribution in [0.5, 0.6) is 0 Å². The van der Waals surface area contributed by atoms with Gasteiger partial charge in [0.1, 0.15) is 0 Å². The Kier molecular flexibility index (Phi) is 4.96. The first kappa shape index (κ1) is 17.0. The van der Waals surface area contributed by atoms with Crippen LogP contribution in [-0.2, 0) is 0 Å². The molecule has 0 radical (unpaired) electrons. The zero-order valence-corrected chi connectivity index (χ0v) is 14.6. The summed E-state index contributed by atoms with van der Waals surface area (Å²) in [6.07, 6.45) is 1.99. The number of hydrogen-bond donors (Lipinski definition) is 2. The third kappa shape index (κ3) is 3.35. The van der Waals surface area contributed by atoms with Gasteiger partial charge in [-0.15, -0.1) is 0 Å². The van der Waals surface area contributed by atoms with E-state index >= 15 is 0 Å². The monoisotopic (exact) mass is 350 g/mol. The fourth-order valence-electron chi connectivity index (χ4n) is 3.36. The van der Waals surface area contributed by atoms with Crippen LogP contribution in [0.15, 0.2) is 18.2 Å². The van der Waals surface area contributed by atoms with Crippen molar-refractivity contribution in [1.29, 1.82) is 0 Å². The van der Waals surface area contributed by atoms with Crippen LogP contribution in [0.25, 0.3) is 0 Å². The van der Waals surface area contributed by atoms with Crippen molar-refractivity contribution in [3.8, 4) is 0 Å². The maximum atomic E-state index is 12.9. The van der Waals surface area contributed by atoms with Gasteiger partial charge in [0.05, 0.1) is 10.6 Å². The fourth-order valence-corrected chi connectivity index (χ4v) is 3.56. The number of benzene rings is 1. The topological polar surface area (TPSA) is 78.7 Å². The molecule has 3 rings (SSSR count). The third-order valence-corrected chi connectivity index (χ3v) is 5.17. The molecule has 0 aliphatic carbocycles. The fraction of sp³-hybridized carbons (Fsp3) is 0.529. The first-order chi connectivity index (χ1) is 11.5. The molecule has 2 aliphatic rings. The molecule has 1 aromatic rings. The molecule has 2 atom stereocenters. The van der Waals surface area contributed by atoms with Crippen LogP contribution in [-0.4, -0.2) is 49.1 Å². The number of urea groups is 1. The molecule has 2 saturated heterocycles. The molecule has 6 nitrogen and oxygen atoms in total. The first-order valence-electron chi connectivity index (χ1n) is 8.37. The van der Waals surface area contributed by atoms with Gasteiger partial charge in [-0.3, -0.25) is 9.69 Å². The lowest BCUT2D eigenvalue weighted by Gasteiger charge is -2.35. The molecule has 2 heterocycles. The smallest absolute Gasteiger partial charge is 0.321 e. The largest absolute Gasteiger partial charge is 0.338 e. The summed E-state index contributed by atoms with van der Waals surface area (Å²) in [7, 11) is 0. The molecule has 3 N–H and O–H groups in total. The average molecular weight is 351 g/mol. The molecule has 24 heavy (non-hydrogen) atoms. The number of piperidine rings is 1. The second-order valence-electron chi connectivity index (χ2n) is 6.56. The van der Waals surface area contributed by atoms with Crippen molar-refractivity contribution in [2.75, 3.05) is 31.1 Å². The molecule has 130 valence electrons. The molecule has 3 amide bonds. The van der Waals surface area contributed by atoms with E-state index in [1.165, 1.54) is 0 Å². The summed E-state index contributed by atoms with van der Waals surface area (Å²) in [5.41, 5.74) is 7.14. The molecular weight excluding hydrogens is 328 g/mol. The molecular formula is C17H23ClN4O2. The first-order valence-corrected chi connectivity index (χ1v) is 8.75. The number of carbonyl (C=O) groups excluding carboxylic acids is 2. The van der Waals surface area contributed by atoms with Gasteiger partial charge in [0.15, 0.2) is 0 Å². The number of amides is 3. The highest BCUT2D eigenvalue weighted by molar-refractivity contribution is 6.34. The maximum absolute atomic E-state index is 12.9. The summed E-state index contributed by atoms with van der Waals surface area (Å²) >= 11 is 6.26. The number of carbonyl (C=O) groups is 2. The quantitative estimate of drug-likeness (QED) is 0.875. The third-order valence-electron chi connectivity index (χ3n) is 4.84. The van der Waals surface area contributed by atoms with E-state index in [1.54, 1.807) is 23.1 Å². The van der Waals surface area contributed by atoms with E-state index in [4.69, 9.17) is 17.3 Å². The van der Waals surface area contributed by atoms with Gasteiger partial charge in [0.25, 0.3) is 5.91 Å². The Morgan fingerprint density at radius 3 is 2.88 bits per heavy atom. The van der Waals surface area contributed by atoms with Gasteiger partial charge in [0.2, 0.25) is 0 Å². The van der Waals surface area contributed by atoms with E-state index in [2.05, 4.69) is 5.32 Å². The minimum Gasteiger partial charge on any atom is -0.338 e. The van der Waals surface area contributed by atoms with Gasteiger partial charge in [-0.05, 0) is 43.9 Å². The van der Waals surface area contributed by atoms with Crippen molar-refractivity contribution in [2.45, 2.75) is 25.8 Å². The number of likely N-dealkylation sites (tertiary alicyclic amines) is 1. The summed E-state index contributed by atoms with van der Waals surface area (Å²) in [4.78, 5) is 28.2. The highest BCUT2D eigenvalue weighted by atomic mass is 35.5. The van der Waals surface area contributed by atoms with E-state index < -0.39 is 0 Å². The van der Waals surface area contributed by atoms with E-state index in [9.17, 15) is 9.59 Å². The highest BCUT2D eigenvalue weighted by Crippen LogP contribution is 2.27. The predicted molar refractivity (Wildman–Crippen MR) is 94.5 cm³/mol. The molecule has 0 unspecified atom stereocenters. The van der Waals surface area contributed by atoms with Gasteiger partial charge >= 0.3 is 6.03 Å². The van der Waals surface area contributed by atoms with Crippen LogP contribution < -0.4 is 16.0 Å². The molecule has 1 aromatic carbocycles. The van der Waals surface area contributed by atoms with Crippen molar-refractivity contribution in [3.63, 3.8) is 0 Å². The number of nitrogens with one attached hydrogen (secondary N) is 1. The van der Waals surface area contributed by atoms with Gasteiger partial charge in [-0.1, -0.05) is 11.6 Å². The van der Waals surface area contributed by atoms with Crippen molar-refractivity contribution >= 4 is 29.2 Å². The Balaban J connectivity index is 1.82. The summed E-state index contributed by atoms with van der Waals surface area (Å²) in [6, 6.07) is 5.08. The number of hydrogen-bond acceptors (Lipinski definition) is 3. The lowest BCUT2D eigenvalue weighted by atomic mass is 9.92. The van der Waals surface area contributed by atoms with Crippen molar-refractivity contribution in [1.82, 2.24) is 10.2 Å². The number of rotatable bonds is 3. The number of anilines is 1. The lowest BCUT2D eigenvalue weighted by molar-refractivity contribution is 0.0661. The van der Waals surface area contributed by atoms with Crippen LogP contribution >= 0.6 is 11.6 Å². The van der Waals surface area contributed by atoms with E-state index in [0.717, 1.165) is 12.8 Å². The van der Waals surface area contributed by atoms with Crippen LogP contribution in [0.4, 0.5) is 10.5 Å². The second-order valence-corrected chi connectivity index (χ2v) is 6.97. The zero-order valence-electron chi connectivity index (χ0n) is 13.8. The summed E-state index contributed by atoms with van der Waals surface area (Å²) in [5, 5.41) is 3.17. The normalized spacial score (nSPS) is 22.5. The number of nitrogens with zero attached hydrogens (tertiary/aromatic N) is 2. The SMILES string of the molecule is C[C@@H](N)[C@H]1CCCN(C(=O)c2cc(N3CCNC3=O)ccc2Cl)C1. The summed E-state index contributed by atoms with van der Waals surface area (Å²) in [5.74, 6) is 0.223. The van der Waals surface area contributed by atoms with Crippen LogP contribution in [0.3, 0.4) is 0 Å². The van der Waals surface area contributed by atoms with Gasteiger partial charge < -0.3 is 16.0 Å². The maximum Gasteiger partial charge on any atom is 0.321 e. The van der Waals surface area contributed by atoms with Crippen LogP contribution in [0.2, 0.25) is 5.02 Å². The zero-order chi connectivity index (χ0) is 17.3. The van der Waals surface area contributed by atoms with Crippen molar-refractivity contribution in [2.24, 2.45) is 11.7 Å².